The van der Waals surface area contributed by atoms with Gasteiger partial charge in [-0.15, -0.1) is 13.2 Å². The number of amides is 1. The maximum absolute atomic E-state index is 13.7. The van der Waals surface area contributed by atoms with Gasteiger partial charge in [0.05, 0.1) is 25.5 Å². The van der Waals surface area contributed by atoms with Gasteiger partial charge in [-0.2, -0.15) is 0 Å². The fourth-order valence-corrected chi connectivity index (χ4v) is 5.16. The summed E-state index contributed by atoms with van der Waals surface area (Å²) in [6.45, 7) is 2.35. The van der Waals surface area contributed by atoms with Gasteiger partial charge in [0.15, 0.2) is 5.75 Å². The van der Waals surface area contributed by atoms with E-state index >= 15 is 0 Å². The second-order valence-corrected chi connectivity index (χ2v) is 9.79. The lowest BCUT2D eigenvalue weighted by atomic mass is 10.3. The molecule has 8 nitrogen and oxygen atoms in total. The number of benzene rings is 2. The predicted molar refractivity (Wildman–Crippen MR) is 120 cm³/mol. The number of para-hydroxylation sites is 2. The average molecular weight is 567 g/mol. The van der Waals surface area contributed by atoms with Crippen LogP contribution in [-0.4, -0.2) is 65.0 Å². The number of carbonyl (C=O) groups excluding carboxylic acids is 1. The van der Waals surface area contributed by atoms with E-state index < -0.39 is 39.5 Å². The first-order valence-electron chi connectivity index (χ1n) is 10.2. The Labute approximate surface area is 203 Å². The van der Waals surface area contributed by atoms with Gasteiger partial charge in [-0.1, -0.05) is 28.1 Å². The predicted octanol–water partition coefficient (Wildman–Crippen LogP) is 3.80. The van der Waals surface area contributed by atoms with Gasteiger partial charge in [-0.3, -0.25) is 9.10 Å². The Bertz CT molecular complexity index is 1120. The molecule has 34 heavy (non-hydrogen) atoms. The Balaban J connectivity index is 2.11. The highest BCUT2D eigenvalue weighted by Crippen LogP contribution is 2.38. The van der Waals surface area contributed by atoms with E-state index in [1.807, 2.05) is 0 Å². The smallest absolute Gasteiger partial charge is 0.492 e. The van der Waals surface area contributed by atoms with Crippen molar-refractivity contribution >= 4 is 37.5 Å². The molecule has 0 spiro atoms. The van der Waals surface area contributed by atoms with Crippen molar-refractivity contribution in [3.05, 3.63) is 46.9 Å². The van der Waals surface area contributed by atoms with Crippen LogP contribution in [-0.2, 0) is 19.6 Å². The molecule has 0 N–H and O–H groups in total. The maximum Gasteiger partial charge on any atom is 0.573 e. The van der Waals surface area contributed by atoms with Crippen LogP contribution in [0.5, 0.6) is 11.5 Å². The second kappa shape index (κ2) is 10.8. The molecule has 0 bridgehead atoms. The van der Waals surface area contributed by atoms with Crippen LogP contribution in [0.15, 0.2) is 51.8 Å². The first-order chi connectivity index (χ1) is 16.0. The lowest BCUT2D eigenvalue weighted by Crippen LogP contribution is -2.47. The zero-order chi connectivity index (χ0) is 24.9. The van der Waals surface area contributed by atoms with Gasteiger partial charge in [0.25, 0.3) is 10.0 Å². The Morgan fingerprint density at radius 2 is 1.82 bits per heavy atom. The summed E-state index contributed by atoms with van der Waals surface area (Å²) in [5.41, 5.74) is 0.00633. The number of hydrogen-bond acceptors (Lipinski definition) is 6. The number of carbonyl (C=O) groups is 1. The second-order valence-electron chi connectivity index (χ2n) is 7.04. The van der Waals surface area contributed by atoms with Crippen LogP contribution in [0.2, 0.25) is 0 Å². The van der Waals surface area contributed by atoms with Crippen molar-refractivity contribution in [3.8, 4) is 11.5 Å². The van der Waals surface area contributed by atoms with Gasteiger partial charge in [0, 0.05) is 17.6 Å². The third kappa shape index (κ3) is 6.33. The van der Waals surface area contributed by atoms with E-state index in [0.29, 0.717) is 13.2 Å². The molecule has 0 aliphatic carbocycles. The minimum Gasteiger partial charge on any atom is -0.492 e. The van der Waals surface area contributed by atoms with Gasteiger partial charge in [0.2, 0.25) is 5.91 Å². The van der Waals surface area contributed by atoms with E-state index in [0.717, 1.165) is 16.4 Å². The summed E-state index contributed by atoms with van der Waals surface area (Å²) < 4.78 is 82.3. The number of sulfonamides is 1. The molecule has 2 aromatic carbocycles. The number of nitrogens with zero attached hydrogens (tertiary/aromatic N) is 2. The first kappa shape index (κ1) is 26.1. The largest absolute Gasteiger partial charge is 0.573 e. The van der Waals surface area contributed by atoms with Crippen molar-refractivity contribution in [2.45, 2.75) is 18.2 Å². The van der Waals surface area contributed by atoms with E-state index in [-0.39, 0.29) is 35.6 Å². The van der Waals surface area contributed by atoms with Crippen molar-refractivity contribution in [3.63, 3.8) is 0 Å². The summed E-state index contributed by atoms with van der Waals surface area (Å²) in [7, 11) is -4.72. The third-order valence-electron chi connectivity index (χ3n) is 4.78. The van der Waals surface area contributed by atoms with Gasteiger partial charge in [-0.05, 0) is 37.3 Å². The lowest BCUT2D eigenvalue weighted by molar-refractivity contribution is -0.275. The van der Waals surface area contributed by atoms with Crippen molar-refractivity contribution < 1.29 is 40.6 Å². The van der Waals surface area contributed by atoms with Crippen LogP contribution in [0.25, 0.3) is 0 Å². The number of hydrogen-bond donors (Lipinski definition) is 0. The molecule has 1 amide bonds. The molecule has 2 aromatic rings. The van der Waals surface area contributed by atoms with Gasteiger partial charge >= 0.3 is 6.36 Å². The number of anilines is 1. The van der Waals surface area contributed by atoms with Gasteiger partial charge < -0.3 is 19.1 Å². The van der Waals surface area contributed by atoms with Crippen LogP contribution in [0.1, 0.15) is 6.92 Å². The molecular formula is C21H22BrF3N2O6S. The molecule has 0 radical (unpaired) electrons. The molecule has 0 aromatic heterocycles. The van der Waals surface area contributed by atoms with Crippen LogP contribution >= 0.6 is 15.9 Å². The molecule has 1 fully saturated rings. The standard InChI is InChI=1S/C21H22BrF3N2O6S/c1-2-32-17-6-4-3-5-16(17)27(14-20(28)26-9-11-31-12-10-26)34(29,30)19-8-7-15(22)13-18(19)33-21(23,24)25/h3-8,13H,2,9-12,14H2,1H3. The summed E-state index contributed by atoms with van der Waals surface area (Å²) >= 11 is 3.03. The molecule has 1 aliphatic rings. The molecule has 1 saturated heterocycles. The van der Waals surface area contributed by atoms with Crippen molar-refractivity contribution in [2.24, 2.45) is 0 Å². The summed E-state index contributed by atoms with van der Waals surface area (Å²) in [5.74, 6) is -1.31. The minimum atomic E-state index is -5.14. The Morgan fingerprint density at radius 3 is 2.47 bits per heavy atom. The van der Waals surface area contributed by atoms with E-state index in [4.69, 9.17) is 9.47 Å². The van der Waals surface area contributed by atoms with E-state index in [2.05, 4.69) is 20.7 Å². The molecular weight excluding hydrogens is 545 g/mol. The van der Waals surface area contributed by atoms with Crippen molar-refractivity contribution in [1.29, 1.82) is 0 Å². The summed E-state index contributed by atoms with van der Waals surface area (Å²) in [6, 6.07) is 9.22. The number of alkyl halides is 3. The topological polar surface area (TPSA) is 85.4 Å². The van der Waals surface area contributed by atoms with Gasteiger partial charge in [-0.25, -0.2) is 8.42 Å². The molecule has 1 aliphatic heterocycles. The SMILES string of the molecule is CCOc1ccccc1N(CC(=O)N1CCOCC1)S(=O)(=O)c1ccc(Br)cc1OC(F)(F)F. The molecule has 186 valence electrons. The molecule has 0 atom stereocenters. The fraction of sp³-hybridized carbons (Fsp3) is 0.381. The Hall–Kier alpha value is -2.51. The Kier molecular flexibility index (Phi) is 8.31. The van der Waals surface area contributed by atoms with Crippen LogP contribution in [0.3, 0.4) is 0 Å². The highest BCUT2D eigenvalue weighted by atomic mass is 79.9. The maximum atomic E-state index is 13.7. The third-order valence-corrected chi connectivity index (χ3v) is 7.07. The summed E-state index contributed by atoms with van der Waals surface area (Å²) in [5, 5.41) is 0. The summed E-state index contributed by atoms with van der Waals surface area (Å²) in [4.78, 5) is 13.7. The number of rotatable bonds is 8. The monoisotopic (exact) mass is 566 g/mol. The van der Waals surface area contributed by atoms with Crippen LogP contribution in [0.4, 0.5) is 18.9 Å². The normalized spacial score (nSPS) is 14.6. The van der Waals surface area contributed by atoms with Crippen LogP contribution in [0, 0.1) is 0 Å². The average Bonchev–Trinajstić information content (AvgIpc) is 2.77. The molecule has 13 heteroatoms. The molecule has 1 heterocycles. The zero-order valence-corrected chi connectivity index (χ0v) is 20.5. The molecule has 3 rings (SSSR count). The quantitative estimate of drug-likeness (QED) is 0.483. The fourth-order valence-electron chi connectivity index (χ4n) is 3.29. The molecule has 0 saturated carbocycles. The minimum absolute atomic E-state index is 0.00633. The highest BCUT2D eigenvalue weighted by molar-refractivity contribution is 9.10. The molecule has 0 unspecified atom stereocenters. The van der Waals surface area contributed by atoms with E-state index in [1.165, 1.54) is 29.2 Å². The van der Waals surface area contributed by atoms with Crippen molar-refractivity contribution in [1.82, 2.24) is 4.90 Å². The number of halogens is 4. The van der Waals surface area contributed by atoms with Crippen LogP contribution < -0.4 is 13.8 Å². The number of morpholine rings is 1. The van der Waals surface area contributed by atoms with Gasteiger partial charge in [0.1, 0.15) is 17.2 Å². The zero-order valence-electron chi connectivity index (χ0n) is 18.0. The number of ether oxygens (including phenoxy) is 3. The highest BCUT2D eigenvalue weighted by Gasteiger charge is 2.37. The van der Waals surface area contributed by atoms with Crippen molar-refractivity contribution in [2.75, 3.05) is 43.8 Å². The van der Waals surface area contributed by atoms with E-state index in [1.54, 1.807) is 13.0 Å². The Morgan fingerprint density at radius 1 is 1.15 bits per heavy atom. The van der Waals surface area contributed by atoms with E-state index in [9.17, 15) is 26.4 Å². The lowest BCUT2D eigenvalue weighted by Gasteiger charge is -2.31. The summed E-state index contributed by atoms with van der Waals surface area (Å²) in [6.07, 6.45) is -5.14. The first-order valence-corrected chi connectivity index (χ1v) is 12.4.